The molecule has 4 rings (SSSR count). The van der Waals surface area contributed by atoms with E-state index in [9.17, 15) is 4.79 Å². The molecule has 1 aliphatic carbocycles. The molecule has 132 valence electrons. The lowest BCUT2D eigenvalue weighted by Gasteiger charge is -2.05. The average molecular weight is 362 g/mol. The fourth-order valence-corrected chi connectivity index (χ4v) is 2.63. The van der Waals surface area contributed by atoms with E-state index in [2.05, 4.69) is 19.7 Å². The van der Waals surface area contributed by atoms with Crippen LogP contribution in [0.1, 0.15) is 25.5 Å². The highest BCUT2D eigenvalue weighted by atomic mass is 35.5. The fraction of sp³-hybridized carbons (Fsp3) is 0.333. The highest BCUT2D eigenvalue weighted by molar-refractivity contribution is 6.32. The van der Waals surface area contributed by atoms with E-state index in [1.807, 2.05) is 25.1 Å². The molecule has 0 aliphatic heterocycles. The summed E-state index contributed by atoms with van der Waals surface area (Å²) in [7, 11) is 0. The monoisotopic (exact) mass is 361 g/mol. The Morgan fingerprint density at radius 2 is 2.28 bits per heavy atom. The number of rotatable bonds is 5. The molecule has 0 bridgehead atoms. The molecule has 25 heavy (non-hydrogen) atoms. The Balaban J connectivity index is 0.000000314. The topological polar surface area (TPSA) is 80.1 Å². The molecule has 6 nitrogen and oxygen atoms in total. The van der Waals surface area contributed by atoms with Crippen molar-refractivity contribution in [3.8, 4) is 5.75 Å². The number of aromatic amines is 1. The Bertz CT molecular complexity index is 808. The maximum absolute atomic E-state index is 11.6. The van der Waals surface area contributed by atoms with Gasteiger partial charge < -0.3 is 19.5 Å². The van der Waals surface area contributed by atoms with E-state index >= 15 is 0 Å². The molecule has 0 radical (unpaired) electrons. The number of fused-ring (bicyclic) bond motifs is 1. The smallest absolute Gasteiger partial charge is 0.223 e. The molecule has 1 saturated carbocycles. The molecular weight excluding hydrogens is 342 g/mol. The molecule has 0 unspecified atom stereocenters. The second kappa shape index (κ2) is 8.07. The van der Waals surface area contributed by atoms with Crippen LogP contribution in [0, 0.1) is 5.92 Å². The first kappa shape index (κ1) is 17.4. The van der Waals surface area contributed by atoms with Gasteiger partial charge in [-0.3, -0.25) is 4.79 Å². The maximum atomic E-state index is 11.6. The van der Waals surface area contributed by atoms with Crippen LogP contribution in [-0.4, -0.2) is 22.5 Å². The number of nitrogens with one attached hydrogen (secondary N) is 2. The van der Waals surface area contributed by atoms with Crippen LogP contribution in [0.25, 0.3) is 10.9 Å². The normalized spacial score (nSPS) is 13.2. The summed E-state index contributed by atoms with van der Waals surface area (Å²) < 4.78 is 9.94. The standard InChI is InChI=1S/C15H17ClN2O2.C3H3NO/c1-2-20-14-7-13-10(6-12(14)16)5-11(18-13)8-17-15(19)9-3-4-9;1-2-5-3-4-1/h5-7,9,18H,2-4,8H2,1H3,(H,17,19);1-3H. The third kappa shape index (κ3) is 4.76. The van der Waals surface area contributed by atoms with E-state index in [0.717, 1.165) is 29.4 Å². The molecule has 0 spiro atoms. The third-order valence-electron chi connectivity index (χ3n) is 3.78. The molecule has 0 saturated heterocycles. The van der Waals surface area contributed by atoms with Crippen molar-refractivity contribution >= 4 is 28.4 Å². The number of halogens is 1. The largest absolute Gasteiger partial charge is 0.492 e. The number of hydrogen-bond acceptors (Lipinski definition) is 4. The number of carbonyl (C=O) groups is 1. The van der Waals surface area contributed by atoms with Gasteiger partial charge in [-0.15, -0.1) is 0 Å². The highest BCUT2D eigenvalue weighted by Crippen LogP contribution is 2.31. The quantitative estimate of drug-likeness (QED) is 0.721. The number of nitrogens with zero attached hydrogens (tertiary/aromatic N) is 1. The minimum atomic E-state index is 0.150. The van der Waals surface area contributed by atoms with Crippen LogP contribution >= 0.6 is 11.6 Å². The molecule has 2 aromatic heterocycles. The minimum Gasteiger partial charge on any atom is -0.492 e. The molecule has 1 amide bonds. The number of hydrogen-bond donors (Lipinski definition) is 2. The van der Waals surface area contributed by atoms with Crippen molar-refractivity contribution in [3.63, 3.8) is 0 Å². The molecule has 3 aromatic rings. The zero-order valence-corrected chi connectivity index (χ0v) is 14.7. The molecule has 0 atom stereocenters. The van der Waals surface area contributed by atoms with Gasteiger partial charge in [0.1, 0.15) is 12.0 Å². The number of benzene rings is 1. The lowest BCUT2D eigenvalue weighted by molar-refractivity contribution is -0.122. The van der Waals surface area contributed by atoms with Crippen LogP contribution in [-0.2, 0) is 11.3 Å². The average Bonchev–Trinajstić information content (AvgIpc) is 3.11. The fourth-order valence-electron chi connectivity index (χ4n) is 2.40. The van der Waals surface area contributed by atoms with E-state index in [-0.39, 0.29) is 11.8 Å². The Kier molecular flexibility index (Phi) is 5.60. The maximum Gasteiger partial charge on any atom is 0.223 e. The van der Waals surface area contributed by atoms with Crippen LogP contribution in [0.5, 0.6) is 5.75 Å². The molecular formula is C18H20ClN3O3. The summed E-state index contributed by atoms with van der Waals surface area (Å²) >= 11 is 6.16. The van der Waals surface area contributed by atoms with Gasteiger partial charge in [0.15, 0.2) is 6.39 Å². The Labute approximate surface area is 150 Å². The van der Waals surface area contributed by atoms with Crippen molar-refractivity contribution in [2.75, 3.05) is 6.61 Å². The minimum absolute atomic E-state index is 0.150. The van der Waals surface area contributed by atoms with Crippen molar-refractivity contribution in [2.45, 2.75) is 26.3 Å². The Morgan fingerprint density at radius 1 is 1.44 bits per heavy atom. The summed E-state index contributed by atoms with van der Waals surface area (Å²) in [6, 6.07) is 5.78. The summed E-state index contributed by atoms with van der Waals surface area (Å²) in [4.78, 5) is 18.5. The Morgan fingerprint density at radius 3 is 2.88 bits per heavy atom. The molecule has 1 fully saturated rings. The van der Waals surface area contributed by atoms with Crippen molar-refractivity contribution in [3.05, 3.63) is 47.8 Å². The summed E-state index contributed by atoms with van der Waals surface area (Å²) in [5.74, 6) is 1.06. The Hall–Kier alpha value is -2.47. The van der Waals surface area contributed by atoms with Crippen molar-refractivity contribution in [2.24, 2.45) is 5.92 Å². The number of oxazole rings is 1. The van der Waals surface area contributed by atoms with Crippen LogP contribution < -0.4 is 10.1 Å². The van der Waals surface area contributed by atoms with Gasteiger partial charge in [-0.2, -0.15) is 0 Å². The van der Waals surface area contributed by atoms with Gasteiger partial charge in [0.2, 0.25) is 5.91 Å². The first-order chi connectivity index (χ1) is 12.2. The zero-order chi connectivity index (χ0) is 17.6. The van der Waals surface area contributed by atoms with Gasteiger partial charge in [0.05, 0.1) is 24.4 Å². The van der Waals surface area contributed by atoms with Gasteiger partial charge in [0, 0.05) is 28.6 Å². The summed E-state index contributed by atoms with van der Waals surface area (Å²) in [5, 5.41) is 4.57. The summed E-state index contributed by atoms with van der Waals surface area (Å²) in [6.07, 6.45) is 6.51. The van der Waals surface area contributed by atoms with Crippen molar-refractivity contribution in [1.82, 2.24) is 15.3 Å². The van der Waals surface area contributed by atoms with Crippen molar-refractivity contribution in [1.29, 1.82) is 0 Å². The first-order valence-corrected chi connectivity index (χ1v) is 8.59. The first-order valence-electron chi connectivity index (χ1n) is 8.21. The number of H-pyrrole nitrogens is 1. The third-order valence-corrected chi connectivity index (χ3v) is 4.07. The highest BCUT2D eigenvalue weighted by Gasteiger charge is 2.29. The van der Waals surface area contributed by atoms with E-state index in [1.54, 1.807) is 6.20 Å². The van der Waals surface area contributed by atoms with Crippen LogP contribution in [0.4, 0.5) is 0 Å². The van der Waals surface area contributed by atoms with E-state index in [0.29, 0.717) is 23.9 Å². The molecule has 2 heterocycles. The van der Waals surface area contributed by atoms with Gasteiger partial charge in [-0.25, -0.2) is 4.98 Å². The molecule has 7 heteroatoms. The summed E-state index contributed by atoms with van der Waals surface area (Å²) in [6.45, 7) is 3.02. The number of amides is 1. The van der Waals surface area contributed by atoms with E-state index in [4.69, 9.17) is 16.3 Å². The SMILES string of the molecule is CCOc1cc2[nH]c(CNC(=O)C3CC3)cc2cc1Cl.c1cocn1. The van der Waals surface area contributed by atoms with Crippen molar-refractivity contribution < 1.29 is 13.9 Å². The number of carbonyl (C=O) groups excluding carboxylic acids is 1. The second-order valence-electron chi connectivity index (χ2n) is 5.77. The predicted octanol–water partition coefficient (Wildman–Crippen LogP) is 3.92. The molecule has 2 N–H and O–H groups in total. The zero-order valence-electron chi connectivity index (χ0n) is 13.9. The van der Waals surface area contributed by atoms with Crippen LogP contribution in [0.2, 0.25) is 5.02 Å². The van der Waals surface area contributed by atoms with Gasteiger partial charge in [-0.1, -0.05) is 11.6 Å². The van der Waals surface area contributed by atoms with E-state index < -0.39 is 0 Å². The number of ether oxygens (including phenoxy) is 1. The molecule has 1 aromatic carbocycles. The van der Waals surface area contributed by atoms with Gasteiger partial charge in [0.25, 0.3) is 0 Å². The van der Waals surface area contributed by atoms with Gasteiger partial charge in [-0.05, 0) is 31.9 Å². The predicted molar refractivity (Wildman–Crippen MR) is 95.6 cm³/mol. The van der Waals surface area contributed by atoms with Crippen LogP contribution in [0.15, 0.2) is 41.5 Å². The lowest BCUT2D eigenvalue weighted by atomic mass is 10.2. The van der Waals surface area contributed by atoms with Gasteiger partial charge >= 0.3 is 0 Å². The van der Waals surface area contributed by atoms with E-state index in [1.165, 1.54) is 12.7 Å². The second-order valence-corrected chi connectivity index (χ2v) is 6.17. The number of aromatic nitrogens is 2. The summed E-state index contributed by atoms with van der Waals surface area (Å²) in [5.41, 5.74) is 1.94. The molecule has 1 aliphatic rings. The lowest BCUT2D eigenvalue weighted by Crippen LogP contribution is -2.24. The van der Waals surface area contributed by atoms with Crippen LogP contribution in [0.3, 0.4) is 0 Å².